The number of aromatic nitrogens is 2. The van der Waals surface area contributed by atoms with Gasteiger partial charge < -0.3 is 5.32 Å². The maximum absolute atomic E-state index is 4.55. The van der Waals surface area contributed by atoms with Crippen molar-refractivity contribution in [2.75, 3.05) is 13.1 Å². The van der Waals surface area contributed by atoms with E-state index in [-0.39, 0.29) is 0 Å². The van der Waals surface area contributed by atoms with E-state index in [0.717, 1.165) is 25.3 Å². The van der Waals surface area contributed by atoms with Crippen LogP contribution in [0.5, 0.6) is 0 Å². The summed E-state index contributed by atoms with van der Waals surface area (Å²) in [5.41, 5.74) is 2.46. The number of hydrogen-bond donors (Lipinski definition) is 1. The van der Waals surface area contributed by atoms with Gasteiger partial charge in [-0.25, -0.2) is 0 Å². The van der Waals surface area contributed by atoms with Gasteiger partial charge in [0.25, 0.3) is 0 Å². The SMILES string of the molecule is CCn1nc(C)cc1CN(CC1CCCN1)C(C)C. The molecule has 2 rings (SSSR count). The normalized spacial score (nSPS) is 19.8. The molecule has 1 saturated heterocycles. The minimum atomic E-state index is 0.572. The minimum absolute atomic E-state index is 0.572. The van der Waals surface area contributed by atoms with Gasteiger partial charge in [-0.2, -0.15) is 5.10 Å². The van der Waals surface area contributed by atoms with Crippen molar-refractivity contribution in [1.29, 1.82) is 0 Å². The van der Waals surface area contributed by atoms with Crippen LogP contribution in [-0.2, 0) is 13.1 Å². The molecule has 1 aliphatic rings. The largest absolute Gasteiger partial charge is 0.313 e. The first-order valence-electron chi connectivity index (χ1n) is 7.61. The number of nitrogens with one attached hydrogen (secondary N) is 1. The van der Waals surface area contributed by atoms with Gasteiger partial charge in [-0.05, 0) is 53.1 Å². The molecule has 1 N–H and O–H groups in total. The van der Waals surface area contributed by atoms with E-state index < -0.39 is 0 Å². The van der Waals surface area contributed by atoms with Crippen LogP contribution in [0.15, 0.2) is 6.07 Å². The number of nitrogens with zero attached hydrogens (tertiary/aromatic N) is 3. The summed E-state index contributed by atoms with van der Waals surface area (Å²) in [5, 5.41) is 8.15. The summed E-state index contributed by atoms with van der Waals surface area (Å²) in [4.78, 5) is 2.56. The third-order valence-corrected chi connectivity index (χ3v) is 4.00. The lowest BCUT2D eigenvalue weighted by molar-refractivity contribution is 0.188. The Balaban J connectivity index is 2.02. The van der Waals surface area contributed by atoms with E-state index in [4.69, 9.17) is 0 Å². The third-order valence-electron chi connectivity index (χ3n) is 4.00. The molecular formula is C15H28N4. The van der Waals surface area contributed by atoms with Crippen LogP contribution < -0.4 is 5.32 Å². The van der Waals surface area contributed by atoms with Crippen LogP contribution in [0.2, 0.25) is 0 Å². The average Bonchev–Trinajstić information content (AvgIpc) is 2.97. The second-order valence-corrected chi connectivity index (χ2v) is 5.91. The molecule has 0 radical (unpaired) electrons. The molecule has 0 aromatic carbocycles. The highest BCUT2D eigenvalue weighted by molar-refractivity contribution is 5.09. The first-order chi connectivity index (χ1) is 9.10. The maximum Gasteiger partial charge on any atom is 0.0597 e. The monoisotopic (exact) mass is 264 g/mol. The molecule has 1 unspecified atom stereocenters. The van der Waals surface area contributed by atoms with Gasteiger partial charge in [-0.15, -0.1) is 0 Å². The molecule has 2 heterocycles. The molecule has 1 aromatic rings. The summed E-state index contributed by atoms with van der Waals surface area (Å²) in [6, 6.07) is 3.46. The van der Waals surface area contributed by atoms with E-state index in [9.17, 15) is 0 Å². The van der Waals surface area contributed by atoms with Gasteiger partial charge in [-0.3, -0.25) is 9.58 Å². The van der Waals surface area contributed by atoms with Crippen LogP contribution in [0.4, 0.5) is 0 Å². The van der Waals surface area contributed by atoms with Crippen molar-refractivity contribution in [2.45, 2.75) is 65.7 Å². The van der Waals surface area contributed by atoms with Crippen LogP contribution >= 0.6 is 0 Å². The van der Waals surface area contributed by atoms with Gasteiger partial charge in [0.1, 0.15) is 0 Å². The Hall–Kier alpha value is -0.870. The van der Waals surface area contributed by atoms with Crippen LogP contribution in [-0.4, -0.2) is 39.9 Å². The first kappa shape index (κ1) is 14.5. The predicted octanol–water partition coefficient (Wildman–Crippen LogP) is 2.17. The third kappa shape index (κ3) is 3.80. The van der Waals surface area contributed by atoms with Crippen molar-refractivity contribution >= 4 is 0 Å². The van der Waals surface area contributed by atoms with E-state index in [1.807, 2.05) is 0 Å². The van der Waals surface area contributed by atoms with Gasteiger partial charge in [0.05, 0.1) is 11.4 Å². The molecule has 0 aliphatic carbocycles. The fourth-order valence-corrected chi connectivity index (χ4v) is 2.86. The van der Waals surface area contributed by atoms with Crippen LogP contribution in [0.3, 0.4) is 0 Å². The van der Waals surface area contributed by atoms with Crippen molar-refractivity contribution in [2.24, 2.45) is 0 Å². The Kier molecular flexibility index (Phi) is 4.99. The highest BCUT2D eigenvalue weighted by Gasteiger charge is 2.20. The lowest BCUT2D eigenvalue weighted by Gasteiger charge is -2.29. The van der Waals surface area contributed by atoms with Crippen LogP contribution in [0.25, 0.3) is 0 Å². The number of hydrogen-bond acceptors (Lipinski definition) is 3. The summed E-state index contributed by atoms with van der Waals surface area (Å²) in [6.07, 6.45) is 2.64. The fraction of sp³-hybridized carbons (Fsp3) is 0.800. The van der Waals surface area contributed by atoms with Crippen molar-refractivity contribution < 1.29 is 0 Å². The summed E-state index contributed by atoms with van der Waals surface area (Å²) in [6.45, 7) is 13.1. The highest BCUT2D eigenvalue weighted by Crippen LogP contribution is 2.14. The van der Waals surface area contributed by atoms with E-state index in [1.54, 1.807) is 0 Å². The molecule has 19 heavy (non-hydrogen) atoms. The number of aryl methyl sites for hydroxylation is 2. The van der Waals surface area contributed by atoms with Gasteiger partial charge in [0.2, 0.25) is 0 Å². The molecule has 1 aliphatic heterocycles. The second-order valence-electron chi connectivity index (χ2n) is 5.91. The Morgan fingerprint density at radius 2 is 2.32 bits per heavy atom. The Morgan fingerprint density at radius 3 is 2.89 bits per heavy atom. The molecule has 1 fully saturated rings. The molecule has 4 nitrogen and oxygen atoms in total. The number of rotatable bonds is 6. The molecule has 4 heteroatoms. The zero-order valence-corrected chi connectivity index (χ0v) is 12.8. The summed E-state index contributed by atoms with van der Waals surface area (Å²) in [5.74, 6) is 0. The smallest absolute Gasteiger partial charge is 0.0597 e. The van der Waals surface area contributed by atoms with Gasteiger partial charge >= 0.3 is 0 Å². The van der Waals surface area contributed by atoms with Crippen molar-refractivity contribution in [3.63, 3.8) is 0 Å². The molecule has 108 valence electrons. The van der Waals surface area contributed by atoms with Crippen LogP contribution in [0, 0.1) is 6.92 Å². The van der Waals surface area contributed by atoms with Crippen molar-refractivity contribution in [3.8, 4) is 0 Å². The Morgan fingerprint density at radius 1 is 1.53 bits per heavy atom. The molecule has 0 bridgehead atoms. The predicted molar refractivity (Wildman–Crippen MR) is 79.2 cm³/mol. The lowest BCUT2D eigenvalue weighted by atomic mass is 10.2. The molecule has 0 spiro atoms. The standard InChI is InChI=1S/C15H28N4/c1-5-19-15(9-13(4)17-19)11-18(12(2)3)10-14-7-6-8-16-14/h9,12,14,16H,5-8,10-11H2,1-4H3. The van der Waals surface area contributed by atoms with E-state index in [0.29, 0.717) is 12.1 Å². The Bertz CT molecular complexity index is 391. The summed E-state index contributed by atoms with van der Waals surface area (Å²) in [7, 11) is 0. The topological polar surface area (TPSA) is 33.1 Å². The summed E-state index contributed by atoms with van der Waals surface area (Å²) < 4.78 is 2.13. The van der Waals surface area contributed by atoms with Gasteiger partial charge in [0, 0.05) is 31.7 Å². The quantitative estimate of drug-likeness (QED) is 0.855. The maximum atomic E-state index is 4.55. The summed E-state index contributed by atoms with van der Waals surface area (Å²) >= 11 is 0. The molecule has 1 aromatic heterocycles. The second kappa shape index (κ2) is 6.53. The minimum Gasteiger partial charge on any atom is -0.313 e. The Labute approximate surface area is 117 Å². The lowest BCUT2D eigenvalue weighted by Crippen LogP contribution is -2.41. The fourth-order valence-electron chi connectivity index (χ4n) is 2.86. The van der Waals surface area contributed by atoms with Crippen molar-refractivity contribution in [1.82, 2.24) is 20.0 Å². The van der Waals surface area contributed by atoms with E-state index in [1.165, 1.54) is 25.1 Å². The molecule has 1 atom stereocenters. The molecular weight excluding hydrogens is 236 g/mol. The molecule has 0 amide bonds. The molecule has 0 saturated carbocycles. The zero-order valence-electron chi connectivity index (χ0n) is 12.8. The zero-order chi connectivity index (χ0) is 13.8. The van der Waals surface area contributed by atoms with Gasteiger partial charge in [-0.1, -0.05) is 0 Å². The van der Waals surface area contributed by atoms with Gasteiger partial charge in [0.15, 0.2) is 0 Å². The van der Waals surface area contributed by atoms with E-state index >= 15 is 0 Å². The van der Waals surface area contributed by atoms with Crippen molar-refractivity contribution in [3.05, 3.63) is 17.5 Å². The first-order valence-corrected chi connectivity index (χ1v) is 7.61. The van der Waals surface area contributed by atoms with E-state index in [2.05, 4.69) is 53.8 Å². The average molecular weight is 264 g/mol. The van der Waals surface area contributed by atoms with Crippen LogP contribution in [0.1, 0.15) is 45.0 Å². The highest BCUT2D eigenvalue weighted by atomic mass is 15.3.